The van der Waals surface area contributed by atoms with E-state index in [9.17, 15) is 15.0 Å². The Bertz CT molecular complexity index is 349. The zero-order chi connectivity index (χ0) is 12.2. The van der Waals surface area contributed by atoms with Crippen LogP contribution in [0.1, 0.15) is 29.6 Å². The van der Waals surface area contributed by atoms with Crippen molar-refractivity contribution in [3.63, 3.8) is 0 Å². The second-order valence-corrected chi connectivity index (χ2v) is 3.67. The van der Waals surface area contributed by atoms with E-state index in [2.05, 4.69) is 10.3 Å². The fourth-order valence-corrected chi connectivity index (χ4v) is 1.26. The van der Waals surface area contributed by atoms with Gasteiger partial charge in [-0.3, -0.25) is 4.79 Å². The standard InChI is InChI=1S/C10H16N2O4/c1-3-10(4-13,5-14)12-9(15)8-7(2)11-6-16-8/h6,13-14H,3-5H2,1-2H3,(H,12,15). The Morgan fingerprint density at radius 1 is 1.56 bits per heavy atom. The Kier molecular flexibility index (Phi) is 4.03. The third kappa shape index (κ3) is 2.40. The summed E-state index contributed by atoms with van der Waals surface area (Å²) in [5.74, 6) is -0.389. The van der Waals surface area contributed by atoms with Gasteiger partial charge in [-0.05, 0) is 13.3 Å². The van der Waals surface area contributed by atoms with Crippen LogP contribution in [0, 0.1) is 6.92 Å². The summed E-state index contributed by atoms with van der Waals surface area (Å²) in [6.07, 6.45) is 1.59. The molecule has 3 N–H and O–H groups in total. The Balaban J connectivity index is 2.81. The molecule has 1 heterocycles. The van der Waals surface area contributed by atoms with Gasteiger partial charge >= 0.3 is 0 Å². The number of hydrogen-bond donors (Lipinski definition) is 3. The molecule has 0 atom stereocenters. The highest BCUT2D eigenvalue weighted by Gasteiger charge is 2.30. The fraction of sp³-hybridized carbons (Fsp3) is 0.600. The molecule has 1 amide bonds. The number of carbonyl (C=O) groups excluding carboxylic acids is 1. The molecule has 0 radical (unpaired) electrons. The van der Waals surface area contributed by atoms with Crippen molar-refractivity contribution in [1.82, 2.24) is 10.3 Å². The Hall–Kier alpha value is -1.40. The van der Waals surface area contributed by atoms with Crippen LogP contribution in [0.3, 0.4) is 0 Å². The quantitative estimate of drug-likeness (QED) is 0.651. The SMILES string of the molecule is CCC(CO)(CO)NC(=O)c1ocnc1C. The number of carbonyl (C=O) groups is 1. The number of amides is 1. The van der Waals surface area contributed by atoms with Gasteiger partial charge in [0.25, 0.3) is 5.91 Å². The maximum atomic E-state index is 11.8. The van der Waals surface area contributed by atoms with Crippen molar-refractivity contribution < 1.29 is 19.4 Å². The summed E-state index contributed by atoms with van der Waals surface area (Å²) < 4.78 is 4.92. The number of hydrogen-bond acceptors (Lipinski definition) is 5. The van der Waals surface area contributed by atoms with Crippen LogP contribution in [0.2, 0.25) is 0 Å². The van der Waals surface area contributed by atoms with Gasteiger partial charge in [0.1, 0.15) is 0 Å². The molecule has 0 fully saturated rings. The van der Waals surface area contributed by atoms with E-state index in [-0.39, 0.29) is 19.0 Å². The predicted octanol–water partition coefficient (Wildman–Crippen LogP) is -0.154. The van der Waals surface area contributed by atoms with Crippen LogP contribution in [0.25, 0.3) is 0 Å². The van der Waals surface area contributed by atoms with E-state index >= 15 is 0 Å². The van der Waals surface area contributed by atoms with Crippen LogP contribution in [0.15, 0.2) is 10.8 Å². The Labute approximate surface area is 93.3 Å². The molecule has 0 aromatic carbocycles. The van der Waals surface area contributed by atoms with Crippen LogP contribution < -0.4 is 5.32 Å². The fourth-order valence-electron chi connectivity index (χ4n) is 1.26. The number of nitrogens with one attached hydrogen (secondary N) is 1. The highest BCUT2D eigenvalue weighted by atomic mass is 16.3. The summed E-state index contributed by atoms with van der Waals surface area (Å²) in [5, 5.41) is 20.9. The molecule has 0 saturated carbocycles. The molecule has 0 unspecified atom stereocenters. The summed E-state index contributed by atoms with van der Waals surface area (Å²) >= 11 is 0. The number of nitrogens with zero attached hydrogens (tertiary/aromatic N) is 1. The normalized spacial score (nSPS) is 11.5. The van der Waals surface area contributed by atoms with Gasteiger partial charge in [-0.15, -0.1) is 0 Å². The Morgan fingerprint density at radius 3 is 2.56 bits per heavy atom. The van der Waals surface area contributed by atoms with E-state index in [1.165, 1.54) is 6.39 Å². The van der Waals surface area contributed by atoms with E-state index in [4.69, 9.17) is 4.42 Å². The van der Waals surface area contributed by atoms with Crippen molar-refractivity contribution in [1.29, 1.82) is 0 Å². The smallest absolute Gasteiger partial charge is 0.289 e. The topological polar surface area (TPSA) is 95.6 Å². The molecule has 16 heavy (non-hydrogen) atoms. The maximum absolute atomic E-state index is 11.8. The maximum Gasteiger partial charge on any atom is 0.289 e. The van der Waals surface area contributed by atoms with Crippen molar-refractivity contribution >= 4 is 5.91 Å². The highest BCUT2D eigenvalue weighted by Crippen LogP contribution is 2.12. The van der Waals surface area contributed by atoms with E-state index in [0.717, 1.165) is 0 Å². The molecule has 0 saturated heterocycles. The van der Waals surface area contributed by atoms with Gasteiger partial charge in [-0.2, -0.15) is 0 Å². The molecule has 0 aliphatic carbocycles. The van der Waals surface area contributed by atoms with Crippen LogP contribution in [0.5, 0.6) is 0 Å². The summed E-state index contributed by atoms with van der Waals surface area (Å²) in [4.78, 5) is 15.5. The number of aryl methyl sites for hydroxylation is 1. The first-order chi connectivity index (χ1) is 7.58. The van der Waals surface area contributed by atoms with Crippen LogP contribution in [-0.2, 0) is 0 Å². The van der Waals surface area contributed by atoms with Crippen molar-refractivity contribution in [2.75, 3.05) is 13.2 Å². The van der Waals surface area contributed by atoms with Gasteiger partial charge in [0.2, 0.25) is 5.76 Å². The number of aromatic nitrogens is 1. The van der Waals surface area contributed by atoms with Gasteiger partial charge in [0.05, 0.1) is 24.4 Å². The monoisotopic (exact) mass is 228 g/mol. The van der Waals surface area contributed by atoms with E-state index in [1.54, 1.807) is 13.8 Å². The Morgan fingerprint density at radius 2 is 2.19 bits per heavy atom. The lowest BCUT2D eigenvalue weighted by Crippen LogP contribution is -2.53. The second kappa shape index (κ2) is 5.09. The first-order valence-corrected chi connectivity index (χ1v) is 5.03. The third-order valence-corrected chi connectivity index (χ3v) is 2.61. The van der Waals surface area contributed by atoms with Crippen LogP contribution in [0.4, 0.5) is 0 Å². The zero-order valence-electron chi connectivity index (χ0n) is 9.36. The van der Waals surface area contributed by atoms with Gasteiger partial charge < -0.3 is 19.9 Å². The number of oxazole rings is 1. The largest absolute Gasteiger partial charge is 0.438 e. The van der Waals surface area contributed by atoms with Crippen molar-refractivity contribution in [3.05, 3.63) is 17.8 Å². The number of aliphatic hydroxyl groups is 2. The lowest BCUT2D eigenvalue weighted by atomic mass is 9.98. The molecule has 0 aliphatic heterocycles. The van der Waals surface area contributed by atoms with Crippen molar-refractivity contribution in [2.24, 2.45) is 0 Å². The third-order valence-electron chi connectivity index (χ3n) is 2.61. The van der Waals surface area contributed by atoms with Crippen molar-refractivity contribution in [3.8, 4) is 0 Å². The molecule has 90 valence electrons. The molecule has 6 nitrogen and oxygen atoms in total. The number of aliphatic hydroxyl groups excluding tert-OH is 2. The molecule has 0 spiro atoms. The molecule has 0 aliphatic rings. The van der Waals surface area contributed by atoms with Gasteiger partial charge in [0.15, 0.2) is 6.39 Å². The second-order valence-electron chi connectivity index (χ2n) is 3.67. The van der Waals surface area contributed by atoms with Crippen LogP contribution in [-0.4, -0.2) is 39.9 Å². The van der Waals surface area contributed by atoms with E-state index in [1.807, 2.05) is 0 Å². The predicted molar refractivity (Wildman–Crippen MR) is 55.9 cm³/mol. The zero-order valence-corrected chi connectivity index (χ0v) is 9.36. The summed E-state index contributed by atoms with van der Waals surface area (Å²) in [5.41, 5.74) is -0.547. The van der Waals surface area contributed by atoms with Gasteiger partial charge in [-0.1, -0.05) is 6.92 Å². The van der Waals surface area contributed by atoms with Gasteiger partial charge in [-0.25, -0.2) is 4.98 Å². The minimum Gasteiger partial charge on any atom is -0.438 e. The molecular weight excluding hydrogens is 212 g/mol. The average molecular weight is 228 g/mol. The first kappa shape index (κ1) is 12.7. The minimum absolute atomic E-state index is 0.0970. The molecular formula is C10H16N2O4. The summed E-state index contributed by atoms with van der Waals surface area (Å²) in [6, 6.07) is 0. The molecule has 1 aromatic heterocycles. The summed E-state index contributed by atoms with van der Waals surface area (Å²) in [6.45, 7) is 2.74. The highest BCUT2D eigenvalue weighted by molar-refractivity contribution is 5.92. The molecule has 1 rings (SSSR count). The van der Waals surface area contributed by atoms with E-state index < -0.39 is 11.4 Å². The van der Waals surface area contributed by atoms with E-state index in [0.29, 0.717) is 12.1 Å². The number of rotatable bonds is 5. The van der Waals surface area contributed by atoms with Gasteiger partial charge in [0, 0.05) is 0 Å². The lowest BCUT2D eigenvalue weighted by Gasteiger charge is -2.29. The average Bonchev–Trinajstić information content (AvgIpc) is 2.72. The van der Waals surface area contributed by atoms with Crippen LogP contribution >= 0.6 is 0 Å². The first-order valence-electron chi connectivity index (χ1n) is 5.03. The minimum atomic E-state index is -1.02. The summed E-state index contributed by atoms with van der Waals surface area (Å²) in [7, 11) is 0. The molecule has 0 bridgehead atoms. The molecule has 6 heteroatoms. The van der Waals surface area contributed by atoms with Crippen molar-refractivity contribution in [2.45, 2.75) is 25.8 Å². The lowest BCUT2D eigenvalue weighted by molar-refractivity contribution is 0.0631. The molecule has 1 aromatic rings.